The van der Waals surface area contributed by atoms with Crippen LogP contribution in [0.1, 0.15) is 58.3 Å². The minimum absolute atomic E-state index is 0.0661. The molecular weight excluding hydrogens is 200 g/mol. The molecule has 0 aliphatic carbocycles. The largest absolute Gasteiger partial charge is 0.394 e. The Morgan fingerprint density at radius 1 is 1.12 bits per heavy atom. The van der Waals surface area contributed by atoms with Gasteiger partial charge in [-0.05, 0) is 19.3 Å². The summed E-state index contributed by atoms with van der Waals surface area (Å²) in [5, 5.41) is 8.91. The maximum Gasteiger partial charge on any atom is 0.0810 e. The molecule has 0 saturated carbocycles. The molecule has 1 rings (SSSR count). The third kappa shape index (κ3) is 5.53. The second kappa shape index (κ2) is 8.61. The molecule has 1 heterocycles. The fourth-order valence-corrected chi connectivity index (χ4v) is 1.98. The standard InChI is InChI=1S/C14H24O2/c1-2-3-4-5-6-7-8-9-13-10-11-14(12-15)16-13/h13-15H,2-6,9-12H2,1H3/t13-,14-/m1/s1. The van der Waals surface area contributed by atoms with E-state index < -0.39 is 0 Å². The van der Waals surface area contributed by atoms with Crippen molar-refractivity contribution in [2.45, 2.75) is 70.5 Å². The van der Waals surface area contributed by atoms with Gasteiger partial charge in [0.1, 0.15) is 0 Å². The number of hydrogen-bond acceptors (Lipinski definition) is 2. The van der Waals surface area contributed by atoms with Gasteiger partial charge in [0, 0.05) is 12.8 Å². The number of hydrogen-bond donors (Lipinski definition) is 1. The van der Waals surface area contributed by atoms with Crippen molar-refractivity contribution in [1.82, 2.24) is 0 Å². The molecule has 16 heavy (non-hydrogen) atoms. The van der Waals surface area contributed by atoms with Gasteiger partial charge in [-0.15, -0.1) is 11.8 Å². The molecule has 0 aromatic heterocycles. The van der Waals surface area contributed by atoms with Crippen LogP contribution < -0.4 is 0 Å². The lowest BCUT2D eigenvalue weighted by atomic mass is 10.1. The molecule has 2 nitrogen and oxygen atoms in total. The van der Waals surface area contributed by atoms with E-state index in [-0.39, 0.29) is 18.8 Å². The molecule has 0 amide bonds. The lowest BCUT2D eigenvalue weighted by molar-refractivity contribution is 0.0142. The number of aliphatic hydroxyl groups is 1. The van der Waals surface area contributed by atoms with Gasteiger partial charge in [-0.25, -0.2) is 0 Å². The van der Waals surface area contributed by atoms with E-state index in [1.54, 1.807) is 0 Å². The van der Waals surface area contributed by atoms with Gasteiger partial charge in [0.25, 0.3) is 0 Å². The zero-order valence-corrected chi connectivity index (χ0v) is 10.4. The predicted octanol–water partition coefficient (Wildman–Crippen LogP) is 2.89. The molecule has 1 fully saturated rings. The predicted molar refractivity (Wildman–Crippen MR) is 66.1 cm³/mol. The van der Waals surface area contributed by atoms with Crippen molar-refractivity contribution >= 4 is 0 Å². The Balaban J connectivity index is 2.00. The Bertz CT molecular complexity index is 227. The van der Waals surface area contributed by atoms with Crippen LogP contribution >= 0.6 is 0 Å². The topological polar surface area (TPSA) is 29.5 Å². The van der Waals surface area contributed by atoms with Crippen molar-refractivity contribution in [2.24, 2.45) is 0 Å². The first-order valence-corrected chi connectivity index (χ1v) is 6.58. The zero-order chi connectivity index (χ0) is 11.6. The van der Waals surface area contributed by atoms with Gasteiger partial charge < -0.3 is 9.84 Å². The average Bonchev–Trinajstić information content (AvgIpc) is 2.76. The second-order valence-corrected chi connectivity index (χ2v) is 4.51. The van der Waals surface area contributed by atoms with Crippen LogP contribution in [0.15, 0.2) is 0 Å². The zero-order valence-electron chi connectivity index (χ0n) is 10.4. The van der Waals surface area contributed by atoms with Crippen LogP contribution in [-0.4, -0.2) is 23.9 Å². The van der Waals surface area contributed by atoms with Crippen molar-refractivity contribution in [1.29, 1.82) is 0 Å². The van der Waals surface area contributed by atoms with Gasteiger partial charge in [0.05, 0.1) is 18.8 Å². The third-order valence-corrected chi connectivity index (χ3v) is 3.01. The molecule has 1 aliphatic rings. The fourth-order valence-electron chi connectivity index (χ4n) is 1.98. The van der Waals surface area contributed by atoms with Gasteiger partial charge in [-0.3, -0.25) is 0 Å². The van der Waals surface area contributed by atoms with Gasteiger partial charge in [0.15, 0.2) is 0 Å². The van der Waals surface area contributed by atoms with Gasteiger partial charge >= 0.3 is 0 Å². The van der Waals surface area contributed by atoms with Crippen LogP contribution in [0.3, 0.4) is 0 Å². The van der Waals surface area contributed by atoms with Crippen LogP contribution in [0.4, 0.5) is 0 Å². The molecule has 2 atom stereocenters. The molecule has 0 bridgehead atoms. The highest BCUT2D eigenvalue weighted by molar-refractivity contribution is 5.01. The molecule has 1 aliphatic heterocycles. The van der Waals surface area contributed by atoms with E-state index in [0.717, 1.165) is 25.7 Å². The van der Waals surface area contributed by atoms with Gasteiger partial charge in [0.2, 0.25) is 0 Å². The first kappa shape index (κ1) is 13.5. The number of unbranched alkanes of at least 4 members (excludes halogenated alkanes) is 4. The lowest BCUT2D eigenvalue weighted by Crippen LogP contribution is -2.13. The Morgan fingerprint density at radius 3 is 2.62 bits per heavy atom. The molecule has 2 heteroatoms. The van der Waals surface area contributed by atoms with Gasteiger partial charge in [-0.1, -0.05) is 26.2 Å². The highest BCUT2D eigenvalue weighted by Crippen LogP contribution is 2.21. The van der Waals surface area contributed by atoms with E-state index in [0.29, 0.717) is 0 Å². The van der Waals surface area contributed by atoms with E-state index >= 15 is 0 Å². The van der Waals surface area contributed by atoms with Crippen LogP contribution in [0.25, 0.3) is 0 Å². The molecule has 0 aromatic carbocycles. The Kier molecular flexibility index (Phi) is 7.29. The quantitative estimate of drug-likeness (QED) is 0.555. The summed E-state index contributed by atoms with van der Waals surface area (Å²) in [7, 11) is 0. The molecule has 0 radical (unpaired) electrons. The summed E-state index contributed by atoms with van der Waals surface area (Å²) >= 11 is 0. The number of aliphatic hydroxyl groups excluding tert-OH is 1. The summed E-state index contributed by atoms with van der Waals surface area (Å²) in [5.41, 5.74) is 0. The number of ether oxygens (including phenoxy) is 1. The summed E-state index contributed by atoms with van der Waals surface area (Å²) in [5.74, 6) is 6.40. The van der Waals surface area contributed by atoms with Crippen LogP contribution in [0, 0.1) is 11.8 Å². The van der Waals surface area contributed by atoms with E-state index in [2.05, 4.69) is 18.8 Å². The summed E-state index contributed by atoms with van der Waals surface area (Å²) < 4.78 is 5.60. The second-order valence-electron chi connectivity index (χ2n) is 4.51. The normalized spacial score (nSPS) is 24.1. The van der Waals surface area contributed by atoms with Crippen LogP contribution in [0.2, 0.25) is 0 Å². The minimum Gasteiger partial charge on any atom is -0.394 e. The van der Waals surface area contributed by atoms with Crippen molar-refractivity contribution in [2.75, 3.05) is 6.61 Å². The third-order valence-electron chi connectivity index (χ3n) is 3.01. The monoisotopic (exact) mass is 224 g/mol. The van der Waals surface area contributed by atoms with Crippen molar-refractivity contribution in [3.8, 4) is 11.8 Å². The molecule has 0 aromatic rings. The summed E-state index contributed by atoms with van der Waals surface area (Å²) in [4.78, 5) is 0. The molecule has 1 N–H and O–H groups in total. The van der Waals surface area contributed by atoms with Gasteiger partial charge in [-0.2, -0.15) is 0 Å². The maximum atomic E-state index is 8.91. The summed E-state index contributed by atoms with van der Waals surface area (Å²) in [6.45, 7) is 2.38. The van der Waals surface area contributed by atoms with E-state index in [1.807, 2.05) is 0 Å². The van der Waals surface area contributed by atoms with Crippen LogP contribution in [-0.2, 0) is 4.74 Å². The summed E-state index contributed by atoms with van der Waals surface area (Å²) in [6, 6.07) is 0. The Morgan fingerprint density at radius 2 is 1.94 bits per heavy atom. The maximum absolute atomic E-state index is 8.91. The highest BCUT2D eigenvalue weighted by Gasteiger charge is 2.23. The highest BCUT2D eigenvalue weighted by atomic mass is 16.5. The SMILES string of the molecule is CCCCCCC#CC[C@@H]1CC[C@H](CO)O1. The first-order valence-electron chi connectivity index (χ1n) is 6.58. The lowest BCUT2D eigenvalue weighted by Gasteiger charge is -2.08. The van der Waals surface area contributed by atoms with Crippen molar-refractivity contribution in [3.05, 3.63) is 0 Å². The summed E-state index contributed by atoms with van der Waals surface area (Å²) in [6.07, 6.45) is 9.37. The molecule has 0 unspecified atom stereocenters. The molecule has 1 saturated heterocycles. The average molecular weight is 224 g/mol. The van der Waals surface area contributed by atoms with E-state index in [1.165, 1.54) is 25.7 Å². The Hall–Kier alpha value is -0.520. The van der Waals surface area contributed by atoms with Crippen molar-refractivity contribution < 1.29 is 9.84 Å². The smallest absolute Gasteiger partial charge is 0.0810 e. The number of rotatable bonds is 6. The molecule has 92 valence electrons. The molecular formula is C14H24O2. The minimum atomic E-state index is 0.0661. The fraction of sp³-hybridized carbons (Fsp3) is 0.857. The van der Waals surface area contributed by atoms with Crippen LogP contribution in [0.5, 0.6) is 0 Å². The first-order chi connectivity index (χ1) is 7.86. The Labute approximate surface area is 99.4 Å². The van der Waals surface area contributed by atoms with E-state index in [4.69, 9.17) is 9.84 Å². The molecule has 0 spiro atoms. The van der Waals surface area contributed by atoms with E-state index in [9.17, 15) is 0 Å². The van der Waals surface area contributed by atoms with Crippen molar-refractivity contribution in [3.63, 3.8) is 0 Å².